The number of hydrogen-bond donors (Lipinski definition) is 2. The number of ether oxygens (including phenoxy) is 3. The normalized spacial score (nSPS) is 13.0. The molecule has 0 radical (unpaired) electrons. The number of guanidine groups is 1. The maximum absolute atomic E-state index is 13.0. The van der Waals surface area contributed by atoms with Crippen LogP contribution in [0.1, 0.15) is 12.0 Å². The third-order valence-corrected chi connectivity index (χ3v) is 4.29. The second-order valence-corrected chi connectivity index (χ2v) is 6.60. The fourth-order valence-corrected chi connectivity index (χ4v) is 2.83. The number of aliphatic imine (C=N–C) groups is 1. The van der Waals surface area contributed by atoms with Gasteiger partial charge < -0.3 is 25.3 Å². The van der Waals surface area contributed by atoms with Gasteiger partial charge in [0.1, 0.15) is 11.6 Å². The van der Waals surface area contributed by atoms with Crippen LogP contribution in [0.2, 0.25) is 0 Å². The molecule has 0 fully saturated rings. The van der Waals surface area contributed by atoms with E-state index >= 15 is 0 Å². The molecule has 9 heteroatoms. The van der Waals surface area contributed by atoms with Gasteiger partial charge in [-0.25, -0.2) is 14.4 Å². The topological polar surface area (TPSA) is 91.0 Å². The number of nitrogens with one attached hydrogen (secondary N) is 1. The molecule has 0 bridgehead atoms. The van der Waals surface area contributed by atoms with Gasteiger partial charge in [0.05, 0.1) is 19.8 Å². The smallest absolute Gasteiger partial charge is 0.219 e. The number of anilines is 1. The number of halogens is 2. The number of hydrogen-bond acceptors (Lipinski definition) is 5. The van der Waals surface area contributed by atoms with Crippen molar-refractivity contribution < 1.29 is 18.6 Å². The Morgan fingerprint density at radius 3 is 2.65 bits per heavy atom. The van der Waals surface area contributed by atoms with Crippen molar-refractivity contribution in [2.75, 3.05) is 18.5 Å². The minimum Gasteiger partial charge on any atom is -0.490 e. The summed E-state index contributed by atoms with van der Waals surface area (Å²) in [7, 11) is 0. The predicted molar refractivity (Wildman–Crippen MR) is 127 cm³/mol. The molecule has 0 spiro atoms. The summed E-state index contributed by atoms with van der Waals surface area (Å²) >= 11 is 0. The molecule has 2 aromatic carbocycles. The van der Waals surface area contributed by atoms with E-state index in [0.29, 0.717) is 37.1 Å². The van der Waals surface area contributed by atoms with Crippen molar-refractivity contribution in [3.63, 3.8) is 0 Å². The average Bonchev–Trinajstić information content (AvgIpc) is 2.99. The van der Waals surface area contributed by atoms with Gasteiger partial charge in [0, 0.05) is 30.4 Å². The molecule has 0 atom stereocenters. The fraction of sp³-hybridized carbons (Fsp3) is 0.182. The van der Waals surface area contributed by atoms with Gasteiger partial charge in [-0.3, -0.25) is 0 Å². The van der Waals surface area contributed by atoms with Crippen LogP contribution < -0.4 is 25.3 Å². The second kappa shape index (κ2) is 10.8. The molecule has 31 heavy (non-hydrogen) atoms. The van der Waals surface area contributed by atoms with Crippen molar-refractivity contribution in [3.8, 4) is 23.1 Å². The molecule has 0 aliphatic carbocycles. The molecular weight excluding hydrogens is 514 g/mol. The van der Waals surface area contributed by atoms with E-state index in [1.807, 2.05) is 24.3 Å². The summed E-state index contributed by atoms with van der Waals surface area (Å²) in [6.07, 6.45) is 2.47. The first-order valence-corrected chi connectivity index (χ1v) is 9.51. The van der Waals surface area contributed by atoms with Crippen molar-refractivity contribution in [1.82, 2.24) is 4.98 Å². The SMILES string of the molecule is I.NC(=NCc1ccnc(Oc2ccc(F)cc2)c1)Nc1ccc2c(c1)OCCCO2. The van der Waals surface area contributed by atoms with Crippen LogP contribution in [0.4, 0.5) is 10.1 Å². The molecule has 1 aliphatic heterocycles. The number of benzene rings is 2. The van der Waals surface area contributed by atoms with E-state index in [9.17, 15) is 4.39 Å². The number of nitrogens with two attached hydrogens (primary N) is 1. The van der Waals surface area contributed by atoms with Gasteiger partial charge in [-0.15, -0.1) is 24.0 Å². The lowest BCUT2D eigenvalue weighted by molar-refractivity contribution is 0.297. The highest BCUT2D eigenvalue weighted by atomic mass is 127. The number of rotatable bonds is 5. The first-order valence-electron chi connectivity index (χ1n) is 9.51. The van der Waals surface area contributed by atoms with Crippen LogP contribution >= 0.6 is 24.0 Å². The number of nitrogens with zero attached hydrogens (tertiary/aromatic N) is 2. The molecule has 3 N–H and O–H groups in total. The number of fused-ring (bicyclic) bond motifs is 1. The highest BCUT2D eigenvalue weighted by Gasteiger charge is 2.11. The zero-order valence-corrected chi connectivity index (χ0v) is 18.9. The van der Waals surface area contributed by atoms with Crippen LogP contribution in [0, 0.1) is 5.82 Å². The Morgan fingerprint density at radius 1 is 1.06 bits per heavy atom. The minimum atomic E-state index is -0.324. The molecule has 7 nitrogen and oxygen atoms in total. The average molecular weight is 536 g/mol. The van der Waals surface area contributed by atoms with Crippen LogP contribution in [-0.4, -0.2) is 24.2 Å². The zero-order valence-electron chi connectivity index (χ0n) is 16.6. The Labute approximate surface area is 196 Å². The number of aromatic nitrogens is 1. The van der Waals surface area contributed by atoms with Crippen molar-refractivity contribution in [3.05, 3.63) is 72.2 Å². The summed E-state index contributed by atoms with van der Waals surface area (Å²) in [5, 5.41) is 3.05. The molecule has 1 aliphatic rings. The molecule has 3 aromatic rings. The van der Waals surface area contributed by atoms with Crippen LogP contribution in [0.25, 0.3) is 0 Å². The van der Waals surface area contributed by atoms with Crippen molar-refractivity contribution in [2.24, 2.45) is 10.7 Å². The van der Waals surface area contributed by atoms with Gasteiger partial charge in [0.15, 0.2) is 17.5 Å². The first kappa shape index (κ1) is 22.6. The second-order valence-electron chi connectivity index (χ2n) is 6.60. The van der Waals surface area contributed by atoms with Gasteiger partial charge in [-0.1, -0.05) is 0 Å². The molecule has 1 aromatic heterocycles. The Morgan fingerprint density at radius 2 is 1.84 bits per heavy atom. The minimum absolute atomic E-state index is 0. The summed E-state index contributed by atoms with van der Waals surface area (Å²) in [6, 6.07) is 14.9. The van der Waals surface area contributed by atoms with E-state index in [4.69, 9.17) is 19.9 Å². The Kier molecular flexibility index (Phi) is 7.88. The Balaban J connectivity index is 0.00000272. The number of pyridine rings is 1. The first-order chi connectivity index (χ1) is 14.7. The molecule has 0 amide bonds. The van der Waals surface area contributed by atoms with E-state index in [1.165, 1.54) is 12.1 Å². The molecule has 162 valence electrons. The maximum atomic E-state index is 13.0. The van der Waals surface area contributed by atoms with E-state index in [-0.39, 0.29) is 35.8 Å². The lowest BCUT2D eigenvalue weighted by Crippen LogP contribution is -2.22. The van der Waals surface area contributed by atoms with Gasteiger partial charge in [0.25, 0.3) is 0 Å². The quantitative estimate of drug-likeness (QED) is 0.279. The van der Waals surface area contributed by atoms with Gasteiger partial charge in [-0.2, -0.15) is 0 Å². The summed E-state index contributed by atoms with van der Waals surface area (Å²) in [5.41, 5.74) is 7.65. The summed E-state index contributed by atoms with van der Waals surface area (Å²) < 4.78 is 30.0. The largest absolute Gasteiger partial charge is 0.490 e. The molecule has 0 saturated heterocycles. The van der Waals surface area contributed by atoms with Crippen molar-refractivity contribution >= 4 is 35.6 Å². The molecule has 2 heterocycles. The third kappa shape index (κ3) is 6.45. The molecule has 4 rings (SSSR count). The van der Waals surface area contributed by atoms with Gasteiger partial charge in [-0.05, 0) is 48.0 Å². The van der Waals surface area contributed by atoms with Crippen LogP contribution in [-0.2, 0) is 6.54 Å². The predicted octanol–water partition coefficient (Wildman–Crippen LogP) is 4.72. The summed E-state index contributed by atoms with van der Waals surface area (Å²) in [6.45, 7) is 1.60. The lowest BCUT2D eigenvalue weighted by atomic mass is 10.2. The zero-order chi connectivity index (χ0) is 20.8. The van der Waals surface area contributed by atoms with Gasteiger partial charge in [0.2, 0.25) is 5.88 Å². The van der Waals surface area contributed by atoms with Crippen molar-refractivity contribution in [2.45, 2.75) is 13.0 Å². The van der Waals surface area contributed by atoms with E-state index in [2.05, 4.69) is 15.3 Å². The molecule has 0 unspecified atom stereocenters. The Hall–Kier alpha value is -3.08. The summed E-state index contributed by atoms with van der Waals surface area (Å²) in [4.78, 5) is 8.52. The third-order valence-electron chi connectivity index (χ3n) is 4.29. The van der Waals surface area contributed by atoms with Crippen molar-refractivity contribution in [1.29, 1.82) is 0 Å². The summed E-state index contributed by atoms with van der Waals surface area (Å²) in [5.74, 6) is 2.24. The van der Waals surface area contributed by atoms with Gasteiger partial charge >= 0.3 is 0 Å². The monoisotopic (exact) mass is 536 g/mol. The maximum Gasteiger partial charge on any atom is 0.219 e. The fourth-order valence-electron chi connectivity index (χ4n) is 2.83. The Bertz CT molecular complexity index is 1050. The van der Waals surface area contributed by atoms with Crippen LogP contribution in [0.5, 0.6) is 23.1 Å². The van der Waals surface area contributed by atoms with Crippen LogP contribution in [0.15, 0.2) is 65.8 Å². The molecular formula is C22H22FIN4O3. The van der Waals surface area contributed by atoms with E-state index in [0.717, 1.165) is 23.4 Å². The highest BCUT2D eigenvalue weighted by molar-refractivity contribution is 14.0. The van der Waals surface area contributed by atoms with E-state index in [1.54, 1.807) is 24.4 Å². The lowest BCUT2D eigenvalue weighted by Gasteiger charge is -2.11. The standard InChI is InChI=1S/C22H21FN4O3.HI/c23-16-2-5-18(6-3-16)30-21-12-15(8-9-25-21)14-26-22(24)27-17-4-7-19-20(13-17)29-11-1-10-28-19;/h2-9,12-13H,1,10-11,14H2,(H3,24,26,27);1H. The van der Waals surface area contributed by atoms with Crippen LogP contribution in [0.3, 0.4) is 0 Å². The van der Waals surface area contributed by atoms with E-state index < -0.39 is 0 Å². The highest BCUT2D eigenvalue weighted by Crippen LogP contribution is 2.32. The molecule has 0 saturated carbocycles.